The Labute approximate surface area is 191 Å². The van der Waals surface area contributed by atoms with E-state index in [9.17, 15) is 13.2 Å². The van der Waals surface area contributed by atoms with E-state index in [4.69, 9.17) is 21.1 Å². The van der Waals surface area contributed by atoms with Crippen molar-refractivity contribution in [2.75, 3.05) is 26.8 Å². The lowest BCUT2D eigenvalue weighted by Crippen LogP contribution is -2.32. The van der Waals surface area contributed by atoms with Crippen LogP contribution >= 0.6 is 22.9 Å². The fourth-order valence-corrected chi connectivity index (χ4v) is 7.28. The van der Waals surface area contributed by atoms with Crippen molar-refractivity contribution < 1.29 is 22.7 Å². The van der Waals surface area contributed by atoms with Crippen molar-refractivity contribution in [1.82, 2.24) is 9.62 Å². The van der Waals surface area contributed by atoms with E-state index in [2.05, 4.69) is 9.62 Å². The maximum absolute atomic E-state index is 13.1. The van der Waals surface area contributed by atoms with E-state index < -0.39 is 16.0 Å². The van der Waals surface area contributed by atoms with Gasteiger partial charge in [0, 0.05) is 42.7 Å². The highest BCUT2D eigenvalue weighted by molar-refractivity contribution is 7.91. The molecule has 2 aliphatic rings. The Morgan fingerprint density at radius 1 is 1.42 bits per heavy atom. The second-order valence-corrected chi connectivity index (χ2v) is 11.2. The first-order valence-corrected chi connectivity index (χ1v) is 12.9. The standard InChI is InChI=1S/C21H25ClN2O5S2/c1-28-20(25)19-17-7-8-24(12-14-4-2-5-15(22)10-14)13-18(17)30-21(19)31(26,27)23-11-16-6-3-9-29-16/h2,4-5,10,16,23H,3,6-9,11-13H2,1H3. The minimum absolute atomic E-state index is 0.0342. The molecule has 4 rings (SSSR count). The minimum atomic E-state index is -3.86. The molecule has 0 amide bonds. The number of sulfonamides is 1. The zero-order valence-electron chi connectivity index (χ0n) is 17.2. The molecule has 0 saturated carbocycles. The second-order valence-electron chi connectivity index (χ2n) is 7.74. The van der Waals surface area contributed by atoms with Crippen LogP contribution in [0.3, 0.4) is 0 Å². The average molecular weight is 485 g/mol. The molecule has 1 atom stereocenters. The number of hydrogen-bond acceptors (Lipinski definition) is 7. The molecule has 31 heavy (non-hydrogen) atoms. The highest BCUT2D eigenvalue weighted by Gasteiger charge is 2.34. The summed E-state index contributed by atoms with van der Waals surface area (Å²) in [5, 5.41) is 0.685. The second kappa shape index (κ2) is 9.56. The summed E-state index contributed by atoms with van der Waals surface area (Å²) in [6, 6.07) is 7.69. The van der Waals surface area contributed by atoms with Crippen LogP contribution in [0.2, 0.25) is 5.02 Å². The Hall–Kier alpha value is -1.49. The Bertz CT molecular complexity index is 1060. The number of nitrogens with one attached hydrogen (secondary N) is 1. The molecular formula is C21H25ClN2O5S2. The van der Waals surface area contributed by atoms with Crippen LogP contribution in [0, 0.1) is 0 Å². The molecule has 1 aromatic carbocycles. The summed E-state index contributed by atoms with van der Waals surface area (Å²) < 4.78 is 39.2. The van der Waals surface area contributed by atoms with E-state index in [-0.39, 0.29) is 22.4 Å². The van der Waals surface area contributed by atoms with Crippen molar-refractivity contribution in [3.05, 3.63) is 50.9 Å². The van der Waals surface area contributed by atoms with Gasteiger partial charge in [-0.1, -0.05) is 23.7 Å². The highest BCUT2D eigenvalue weighted by Crippen LogP contribution is 2.37. The first-order chi connectivity index (χ1) is 14.9. The summed E-state index contributed by atoms with van der Waals surface area (Å²) in [6.07, 6.45) is 2.21. The SMILES string of the molecule is COC(=O)c1c(S(=O)(=O)NCC2CCCO2)sc2c1CCN(Cc1cccc(Cl)c1)C2. The predicted octanol–water partition coefficient (Wildman–Crippen LogP) is 3.20. The van der Waals surface area contributed by atoms with Crippen LogP contribution in [0.1, 0.15) is 39.2 Å². The first kappa shape index (κ1) is 22.7. The molecule has 0 radical (unpaired) electrons. The Morgan fingerprint density at radius 3 is 2.97 bits per heavy atom. The smallest absolute Gasteiger partial charge is 0.340 e. The van der Waals surface area contributed by atoms with Crippen molar-refractivity contribution in [3.8, 4) is 0 Å². The number of esters is 1. The molecule has 1 saturated heterocycles. The fraction of sp³-hybridized carbons (Fsp3) is 0.476. The molecule has 168 valence electrons. The summed E-state index contributed by atoms with van der Waals surface area (Å²) >= 11 is 7.25. The van der Waals surface area contributed by atoms with Crippen LogP contribution in [0.15, 0.2) is 28.5 Å². The maximum atomic E-state index is 13.1. The summed E-state index contributed by atoms with van der Waals surface area (Å²) in [4.78, 5) is 15.6. The number of ether oxygens (including phenoxy) is 2. The Morgan fingerprint density at radius 2 is 2.26 bits per heavy atom. The molecule has 1 aromatic heterocycles. The molecule has 1 fully saturated rings. The van der Waals surface area contributed by atoms with E-state index in [1.165, 1.54) is 7.11 Å². The van der Waals surface area contributed by atoms with Gasteiger partial charge in [-0.3, -0.25) is 4.90 Å². The number of halogens is 1. The van der Waals surface area contributed by atoms with Crippen molar-refractivity contribution in [1.29, 1.82) is 0 Å². The van der Waals surface area contributed by atoms with Gasteiger partial charge in [0.2, 0.25) is 0 Å². The van der Waals surface area contributed by atoms with Crippen molar-refractivity contribution in [2.45, 2.75) is 42.7 Å². The topological polar surface area (TPSA) is 84.9 Å². The zero-order valence-corrected chi connectivity index (χ0v) is 19.6. The van der Waals surface area contributed by atoms with Crippen molar-refractivity contribution >= 4 is 38.9 Å². The number of hydrogen-bond donors (Lipinski definition) is 1. The van der Waals surface area contributed by atoms with Gasteiger partial charge in [-0.2, -0.15) is 0 Å². The monoisotopic (exact) mass is 484 g/mol. The van der Waals surface area contributed by atoms with Crippen molar-refractivity contribution in [3.63, 3.8) is 0 Å². The molecule has 3 heterocycles. The van der Waals surface area contributed by atoms with Gasteiger partial charge in [0.05, 0.1) is 18.8 Å². The van der Waals surface area contributed by atoms with E-state index in [0.29, 0.717) is 37.7 Å². The number of fused-ring (bicyclic) bond motifs is 1. The number of nitrogens with zero attached hydrogens (tertiary/aromatic N) is 1. The van der Waals surface area contributed by atoms with Crippen LogP contribution in [0.5, 0.6) is 0 Å². The van der Waals surface area contributed by atoms with Crippen LogP contribution in [0.4, 0.5) is 0 Å². The third-order valence-corrected chi connectivity index (χ3v) is 8.95. The molecule has 10 heteroatoms. The van der Waals surface area contributed by atoms with Crippen molar-refractivity contribution in [2.24, 2.45) is 0 Å². The van der Waals surface area contributed by atoms with Gasteiger partial charge in [-0.25, -0.2) is 17.9 Å². The predicted molar refractivity (Wildman–Crippen MR) is 119 cm³/mol. The van der Waals surface area contributed by atoms with Crippen LogP contribution in [-0.4, -0.2) is 52.2 Å². The molecule has 2 aliphatic heterocycles. The third kappa shape index (κ3) is 5.13. The maximum Gasteiger partial charge on any atom is 0.340 e. The molecule has 0 bridgehead atoms. The normalized spacial score (nSPS) is 19.4. The van der Waals surface area contributed by atoms with Crippen LogP contribution in [0.25, 0.3) is 0 Å². The van der Waals surface area contributed by atoms with E-state index in [0.717, 1.165) is 40.2 Å². The molecule has 1 N–H and O–H groups in total. The van der Waals surface area contributed by atoms with Gasteiger partial charge in [0.25, 0.3) is 10.0 Å². The molecule has 0 spiro atoms. The van der Waals surface area contributed by atoms with Gasteiger partial charge in [0.1, 0.15) is 4.21 Å². The Kier molecular flexibility index (Phi) is 7.00. The highest BCUT2D eigenvalue weighted by atomic mass is 35.5. The van der Waals surface area contributed by atoms with Crippen LogP contribution in [-0.2, 0) is 39.0 Å². The van der Waals surface area contributed by atoms with Crippen LogP contribution < -0.4 is 4.72 Å². The van der Waals surface area contributed by atoms with E-state index in [1.807, 2.05) is 24.3 Å². The zero-order chi connectivity index (χ0) is 22.0. The lowest BCUT2D eigenvalue weighted by atomic mass is 10.0. The van der Waals surface area contributed by atoms with Gasteiger partial charge < -0.3 is 9.47 Å². The largest absolute Gasteiger partial charge is 0.465 e. The first-order valence-electron chi connectivity index (χ1n) is 10.2. The van der Waals surface area contributed by atoms with Gasteiger partial charge >= 0.3 is 5.97 Å². The molecule has 7 nitrogen and oxygen atoms in total. The lowest BCUT2D eigenvalue weighted by molar-refractivity contribution is 0.0595. The minimum Gasteiger partial charge on any atom is -0.465 e. The lowest BCUT2D eigenvalue weighted by Gasteiger charge is -2.27. The fourth-order valence-electron chi connectivity index (χ4n) is 4.03. The quantitative estimate of drug-likeness (QED) is 0.607. The number of carbonyl (C=O) groups excluding carboxylic acids is 1. The number of thiophene rings is 1. The summed E-state index contributed by atoms with van der Waals surface area (Å²) in [5.74, 6) is -0.613. The van der Waals surface area contributed by atoms with Gasteiger partial charge in [0.15, 0.2) is 0 Å². The van der Waals surface area contributed by atoms with Gasteiger partial charge in [-0.15, -0.1) is 11.3 Å². The number of methoxy groups -OCH3 is 1. The Balaban J connectivity index is 1.57. The van der Waals surface area contributed by atoms with Gasteiger partial charge in [-0.05, 0) is 42.5 Å². The molecular weight excluding hydrogens is 460 g/mol. The van der Waals surface area contributed by atoms with E-state index in [1.54, 1.807) is 0 Å². The van der Waals surface area contributed by atoms with E-state index >= 15 is 0 Å². The number of rotatable bonds is 7. The molecule has 0 aliphatic carbocycles. The third-order valence-electron chi connectivity index (χ3n) is 5.56. The molecule has 1 unspecified atom stereocenters. The summed E-state index contributed by atoms with van der Waals surface area (Å²) in [6.45, 7) is 2.83. The number of carbonyl (C=O) groups is 1. The summed E-state index contributed by atoms with van der Waals surface area (Å²) in [7, 11) is -2.58. The number of benzene rings is 1. The average Bonchev–Trinajstić information content (AvgIpc) is 3.39. The summed E-state index contributed by atoms with van der Waals surface area (Å²) in [5.41, 5.74) is 2.04. The molecule has 2 aromatic rings.